The van der Waals surface area contributed by atoms with Crippen molar-refractivity contribution in [1.29, 1.82) is 0 Å². The Balaban J connectivity index is 1.40. The predicted octanol–water partition coefficient (Wildman–Crippen LogP) is 4.97. The Morgan fingerprint density at radius 2 is 1.60 bits per heavy atom. The van der Waals surface area contributed by atoms with Crippen LogP contribution in [0.3, 0.4) is 0 Å². The fraction of sp³-hybridized carbons (Fsp3) is 0.364. The summed E-state index contributed by atoms with van der Waals surface area (Å²) < 4.78 is 10.9. The van der Waals surface area contributed by atoms with Crippen LogP contribution in [0.1, 0.15) is 63.7 Å². The average molecular weight is 587 g/mol. The lowest BCUT2D eigenvalue weighted by Gasteiger charge is -2.39. The molecule has 2 aliphatic heterocycles. The summed E-state index contributed by atoms with van der Waals surface area (Å²) in [6.45, 7) is 5.53. The van der Waals surface area contributed by atoms with Gasteiger partial charge in [-0.1, -0.05) is 42.5 Å². The number of nitrogens with zero attached hydrogens (tertiary/aromatic N) is 3. The number of amides is 3. The minimum absolute atomic E-state index is 0.194. The highest BCUT2D eigenvalue weighted by atomic mass is 16.5. The summed E-state index contributed by atoms with van der Waals surface area (Å²) in [5.41, 5.74) is 3.55. The number of carbonyl (C=O) groups excluding carboxylic acids is 2. The van der Waals surface area contributed by atoms with Gasteiger partial charge in [0.15, 0.2) is 11.5 Å². The van der Waals surface area contributed by atoms with Gasteiger partial charge in [-0.3, -0.25) is 19.4 Å². The number of benzene rings is 3. The van der Waals surface area contributed by atoms with Crippen molar-refractivity contribution in [3.8, 4) is 11.5 Å². The third-order valence-corrected chi connectivity index (χ3v) is 8.44. The highest BCUT2D eigenvalue weighted by Gasteiger charge is 2.43. The zero-order chi connectivity index (χ0) is 30.5. The van der Waals surface area contributed by atoms with Crippen molar-refractivity contribution in [2.24, 2.45) is 0 Å². The summed E-state index contributed by atoms with van der Waals surface area (Å²) in [5, 5.41) is 11.4. The highest BCUT2D eigenvalue weighted by molar-refractivity contribution is 6.24. The van der Waals surface area contributed by atoms with E-state index in [1.165, 1.54) is 17.6 Å². The van der Waals surface area contributed by atoms with E-state index in [4.69, 9.17) is 14.6 Å². The Hall–Kier alpha value is -4.57. The molecule has 3 aromatic carbocycles. The van der Waals surface area contributed by atoms with Crippen LogP contribution in [0.2, 0.25) is 0 Å². The van der Waals surface area contributed by atoms with E-state index in [1.54, 1.807) is 25.3 Å². The van der Waals surface area contributed by atoms with Gasteiger partial charge in [-0.25, -0.2) is 4.79 Å². The third kappa shape index (κ3) is 6.15. The normalized spacial score (nSPS) is 16.5. The number of carbonyl (C=O) groups is 3. The molecule has 1 unspecified atom stereocenters. The minimum atomic E-state index is -1.12. The van der Waals surface area contributed by atoms with Gasteiger partial charge in [0, 0.05) is 38.8 Å². The molecule has 0 spiro atoms. The molecule has 2 aliphatic rings. The second-order valence-electron chi connectivity index (χ2n) is 10.8. The summed E-state index contributed by atoms with van der Waals surface area (Å²) in [7, 11) is 3.07. The number of hydrogen-bond donors (Lipinski definition) is 2. The van der Waals surface area contributed by atoms with Gasteiger partial charge >= 0.3 is 6.09 Å². The average Bonchev–Trinajstić information content (AvgIpc) is 3.30. The van der Waals surface area contributed by atoms with Crippen LogP contribution in [0.15, 0.2) is 66.7 Å². The Morgan fingerprint density at radius 1 is 0.884 bits per heavy atom. The topological polar surface area (TPSA) is 112 Å². The zero-order valence-corrected chi connectivity index (χ0v) is 24.8. The number of hydrogen-bond acceptors (Lipinski definition) is 7. The maximum Gasteiger partial charge on any atom is 0.404 e. The molecule has 0 radical (unpaired) electrons. The van der Waals surface area contributed by atoms with Gasteiger partial charge in [-0.05, 0) is 55.2 Å². The van der Waals surface area contributed by atoms with Crippen molar-refractivity contribution in [2.75, 3.05) is 51.8 Å². The largest absolute Gasteiger partial charge is 0.493 e. The van der Waals surface area contributed by atoms with E-state index in [0.717, 1.165) is 31.9 Å². The summed E-state index contributed by atoms with van der Waals surface area (Å²) in [5.74, 6) is 0.308. The Labute approximate surface area is 251 Å². The molecule has 0 saturated carbocycles. The van der Waals surface area contributed by atoms with Crippen molar-refractivity contribution in [1.82, 2.24) is 15.1 Å². The van der Waals surface area contributed by atoms with Gasteiger partial charge in [-0.15, -0.1) is 0 Å². The number of methoxy groups -OCH3 is 2. The summed E-state index contributed by atoms with van der Waals surface area (Å²) >= 11 is 0. The molecule has 43 heavy (non-hydrogen) atoms. The molecule has 226 valence electrons. The van der Waals surface area contributed by atoms with Gasteiger partial charge in [0.1, 0.15) is 0 Å². The SMILES string of the molecule is COc1ccc(C(CCCNC(=O)O)N2C(=O)c3cccc(N4CCN([C@H](C)c5ccccc5)CC4)c3C2=O)cc1OC. The molecule has 5 rings (SSSR count). The summed E-state index contributed by atoms with van der Waals surface area (Å²) in [6.07, 6.45) is -0.328. The van der Waals surface area contributed by atoms with Crippen LogP contribution in [0.25, 0.3) is 0 Å². The molecule has 3 aromatic rings. The molecule has 1 saturated heterocycles. The molecule has 2 atom stereocenters. The quantitative estimate of drug-likeness (QED) is 0.239. The van der Waals surface area contributed by atoms with E-state index in [-0.39, 0.29) is 24.4 Å². The minimum Gasteiger partial charge on any atom is -0.493 e. The number of fused-ring (bicyclic) bond motifs is 1. The maximum atomic E-state index is 14.2. The number of nitrogens with one attached hydrogen (secondary N) is 1. The molecular formula is C33H38N4O6. The van der Waals surface area contributed by atoms with E-state index in [1.807, 2.05) is 24.3 Å². The second-order valence-corrected chi connectivity index (χ2v) is 10.8. The van der Waals surface area contributed by atoms with Gasteiger partial charge in [0.2, 0.25) is 0 Å². The van der Waals surface area contributed by atoms with Crippen molar-refractivity contribution < 1.29 is 29.0 Å². The predicted molar refractivity (Wildman–Crippen MR) is 163 cm³/mol. The van der Waals surface area contributed by atoms with Crippen molar-refractivity contribution in [2.45, 2.75) is 31.8 Å². The lowest BCUT2D eigenvalue weighted by molar-refractivity contribution is 0.0571. The number of carboxylic acid groups (broad SMARTS) is 1. The highest BCUT2D eigenvalue weighted by Crippen LogP contribution is 2.40. The van der Waals surface area contributed by atoms with Crippen LogP contribution >= 0.6 is 0 Å². The first-order chi connectivity index (χ1) is 20.8. The monoisotopic (exact) mass is 586 g/mol. The Bertz CT molecular complexity index is 1470. The Morgan fingerprint density at radius 3 is 2.28 bits per heavy atom. The van der Waals surface area contributed by atoms with Crippen molar-refractivity contribution in [3.05, 3.63) is 89.0 Å². The standard InChI is InChI=1S/C33H38N4O6/c1-22(23-9-5-4-6-10-23)35-17-19-36(20-18-35)27-12-7-11-25-30(27)32(39)37(31(25)38)26(13-8-16-34-33(40)41)24-14-15-28(42-2)29(21-24)43-3/h4-7,9-12,14-15,21-22,26,34H,8,13,16-20H2,1-3H3,(H,40,41)/t22-,26?/m1/s1. The van der Waals surface area contributed by atoms with Crippen molar-refractivity contribution >= 4 is 23.6 Å². The molecule has 2 N–H and O–H groups in total. The lowest BCUT2D eigenvalue weighted by Crippen LogP contribution is -2.47. The zero-order valence-electron chi connectivity index (χ0n) is 24.8. The third-order valence-electron chi connectivity index (χ3n) is 8.44. The van der Waals surface area contributed by atoms with E-state index >= 15 is 0 Å². The number of anilines is 1. The summed E-state index contributed by atoms with van der Waals surface area (Å²) in [6, 6.07) is 20.9. The van der Waals surface area contributed by atoms with Crippen LogP contribution < -0.4 is 19.7 Å². The number of piperazine rings is 1. The molecule has 0 aliphatic carbocycles. The first kappa shape index (κ1) is 29.9. The molecule has 0 bridgehead atoms. The fourth-order valence-corrected chi connectivity index (χ4v) is 6.12. The lowest BCUT2D eigenvalue weighted by atomic mass is 9.99. The van der Waals surface area contributed by atoms with Crippen LogP contribution in [0, 0.1) is 0 Å². The maximum absolute atomic E-state index is 14.2. The van der Waals surface area contributed by atoms with E-state index in [2.05, 4.69) is 46.3 Å². The number of rotatable bonds is 11. The molecule has 2 heterocycles. The first-order valence-corrected chi connectivity index (χ1v) is 14.6. The second kappa shape index (κ2) is 13.2. The van der Waals surface area contributed by atoms with Crippen LogP contribution in [-0.2, 0) is 0 Å². The first-order valence-electron chi connectivity index (χ1n) is 14.6. The van der Waals surface area contributed by atoms with E-state index in [9.17, 15) is 14.4 Å². The molecule has 0 aromatic heterocycles. The number of imide groups is 1. The number of ether oxygens (including phenoxy) is 2. The van der Waals surface area contributed by atoms with Gasteiger partial charge in [-0.2, -0.15) is 0 Å². The van der Waals surface area contributed by atoms with Gasteiger partial charge < -0.3 is 24.8 Å². The summed E-state index contributed by atoms with van der Waals surface area (Å²) in [4.78, 5) is 45.0. The van der Waals surface area contributed by atoms with Crippen molar-refractivity contribution in [3.63, 3.8) is 0 Å². The van der Waals surface area contributed by atoms with E-state index < -0.39 is 12.1 Å². The molecular weight excluding hydrogens is 548 g/mol. The van der Waals surface area contributed by atoms with Crippen LogP contribution in [0.5, 0.6) is 11.5 Å². The molecule has 10 nitrogen and oxygen atoms in total. The van der Waals surface area contributed by atoms with Crippen LogP contribution in [0.4, 0.5) is 10.5 Å². The Kier molecular flexibility index (Phi) is 9.16. The van der Waals surface area contributed by atoms with E-state index in [0.29, 0.717) is 41.0 Å². The molecule has 3 amide bonds. The smallest absolute Gasteiger partial charge is 0.404 e. The molecule has 1 fully saturated rings. The van der Waals surface area contributed by atoms with Gasteiger partial charge in [0.05, 0.1) is 37.1 Å². The fourth-order valence-electron chi connectivity index (χ4n) is 6.12. The van der Waals surface area contributed by atoms with Crippen LogP contribution in [-0.4, -0.2) is 79.8 Å². The van der Waals surface area contributed by atoms with Gasteiger partial charge in [0.25, 0.3) is 11.8 Å². The molecule has 10 heteroatoms.